The molecule has 0 spiro atoms. The van der Waals surface area contributed by atoms with E-state index in [1.165, 1.54) is 18.2 Å². The van der Waals surface area contributed by atoms with Crippen LogP contribution in [-0.4, -0.2) is 18.5 Å². The molecule has 130 valence electrons. The van der Waals surface area contributed by atoms with Gasteiger partial charge in [-0.1, -0.05) is 54.6 Å². The quantitative estimate of drug-likeness (QED) is 0.699. The number of rotatable bonds is 5. The van der Waals surface area contributed by atoms with E-state index in [0.717, 1.165) is 11.1 Å². The maximum atomic E-state index is 13.1. The number of ether oxygens (including phenoxy) is 1. The molecule has 5 heteroatoms. The number of hydrogen-bond acceptors (Lipinski definition) is 3. The summed E-state index contributed by atoms with van der Waals surface area (Å²) in [4.78, 5) is 24.3. The van der Waals surface area contributed by atoms with Gasteiger partial charge in [0.2, 0.25) is 0 Å². The molecular weight excluding hydrogens is 333 g/mol. The van der Waals surface area contributed by atoms with E-state index in [2.05, 4.69) is 5.32 Å². The van der Waals surface area contributed by atoms with Crippen LogP contribution in [0.4, 0.5) is 10.1 Å². The van der Waals surface area contributed by atoms with E-state index in [1.54, 1.807) is 18.2 Å². The van der Waals surface area contributed by atoms with Gasteiger partial charge < -0.3 is 10.1 Å². The third-order valence-electron chi connectivity index (χ3n) is 3.67. The minimum Gasteiger partial charge on any atom is -0.452 e. The van der Waals surface area contributed by atoms with Gasteiger partial charge >= 0.3 is 5.97 Å². The number of nitrogens with one attached hydrogen (secondary N) is 1. The van der Waals surface area contributed by atoms with E-state index in [4.69, 9.17) is 4.74 Å². The predicted octanol–water partition coefficient (Wildman–Crippen LogP) is 4.29. The Morgan fingerprint density at radius 2 is 1.62 bits per heavy atom. The molecule has 3 rings (SSSR count). The number of benzene rings is 3. The van der Waals surface area contributed by atoms with Crippen molar-refractivity contribution in [1.29, 1.82) is 0 Å². The van der Waals surface area contributed by atoms with Crippen LogP contribution in [0.1, 0.15) is 10.4 Å². The molecule has 1 amide bonds. The Morgan fingerprint density at radius 1 is 0.885 bits per heavy atom. The summed E-state index contributed by atoms with van der Waals surface area (Å²) >= 11 is 0. The lowest BCUT2D eigenvalue weighted by Crippen LogP contribution is -2.21. The second-order valence-corrected chi connectivity index (χ2v) is 5.55. The van der Waals surface area contributed by atoms with Crippen LogP contribution in [0.5, 0.6) is 0 Å². The van der Waals surface area contributed by atoms with Crippen LogP contribution < -0.4 is 5.32 Å². The van der Waals surface area contributed by atoms with Crippen LogP contribution in [0.3, 0.4) is 0 Å². The molecule has 3 aromatic rings. The molecule has 26 heavy (non-hydrogen) atoms. The Bertz CT molecular complexity index is 925. The summed E-state index contributed by atoms with van der Waals surface area (Å²) in [7, 11) is 0. The molecule has 0 aromatic heterocycles. The zero-order valence-electron chi connectivity index (χ0n) is 13.8. The molecule has 0 saturated carbocycles. The van der Waals surface area contributed by atoms with Gasteiger partial charge in [-0.2, -0.15) is 0 Å². The van der Waals surface area contributed by atoms with Gasteiger partial charge in [-0.15, -0.1) is 0 Å². The van der Waals surface area contributed by atoms with Crippen molar-refractivity contribution in [2.45, 2.75) is 0 Å². The van der Waals surface area contributed by atoms with E-state index < -0.39 is 24.3 Å². The Labute approximate surface area is 150 Å². The minimum absolute atomic E-state index is 0.302. The SMILES string of the molecule is O=C(COC(=O)c1ccccc1-c1ccccc1)Nc1cccc(F)c1. The van der Waals surface area contributed by atoms with Crippen LogP contribution in [0.15, 0.2) is 78.9 Å². The van der Waals surface area contributed by atoms with Gasteiger partial charge in [-0.25, -0.2) is 9.18 Å². The molecule has 0 bridgehead atoms. The van der Waals surface area contributed by atoms with Crippen molar-refractivity contribution in [3.63, 3.8) is 0 Å². The third-order valence-corrected chi connectivity index (χ3v) is 3.67. The normalized spacial score (nSPS) is 10.2. The third kappa shape index (κ3) is 4.33. The number of hydrogen-bond donors (Lipinski definition) is 1. The van der Waals surface area contributed by atoms with Crippen LogP contribution in [0.25, 0.3) is 11.1 Å². The molecule has 0 saturated heterocycles. The van der Waals surface area contributed by atoms with Gasteiger partial charge in [-0.3, -0.25) is 4.79 Å². The summed E-state index contributed by atoms with van der Waals surface area (Å²) in [6, 6.07) is 21.9. The van der Waals surface area contributed by atoms with Crippen molar-refractivity contribution < 1.29 is 18.7 Å². The molecule has 0 aliphatic heterocycles. The number of carbonyl (C=O) groups excluding carboxylic acids is 2. The molecule has 0 atom stereocenters. The van der Waals surface area contributed by atoms with Crippen molar-refractivity contribution in [2.24, 2.45) is 0 Å². The Morgan fingerprint density at radius 3 is 2.38 bits per heavy atom. The van der Waals surface area contributed by atoms with Crippen LogP contribution >= 0.6 is 0 Å². The molecule has 0 heterocycles. The van der Waals surface area contributed by atoms with Crippen molar-refractivity contribution in [3.05, 3.63) is 90.2 Å². The molecule has 0 aliphatic rings. The fourth-order valence-electron chi connectivity index (χ4n) is 2.50. The number of amides is 1. The Balaban J connectivity index is 1.66. The van der Waals surface area contributed by atoms with Crippen molar-refractivity contribution >= 4 is 17.6 Å². The van der Waals surface area contributed by atoms with Gasteiger partial charge in [0, 0.05) is 5.69 Å². The second-order valence-electron chi connectivity index (χ2n) is 5.55. The van der Waals surface area contributed by atoms with E-state index in [0.29, 0.717) is 11.3 Å². The topological polar surface area (TPSA) is 55.4 Å². The molecule has 0 unspecified atom stereocenters. The average molecular weight is 349 g/mol. The monoisotopic (exact) mass is 349 g/mol. The fourth-order valence-corrected chi connectivity index (χ4v) is 2.50. The molecule has 1 N–H and O–H groups in total. The highest BCUT2D eigenvalue weighted by molar-refractivity contribution is 5.99. The summed E-state index contributed by atoms with van der Waals surface area (Å²) in [6.45, 7) is -0.460. The first-order valence-corrected chi connectivity index (χ1v) is 8.00. The number of esters is 1. The van der Waals surface area contributed by atoms with Crippen molar-refractivity contribution in [3.8, 4) is 11.1 Å². The maximum Gasteiger partial charge on any atom is 0.339 e. The largest absolute Gasteiger partial charge is 0.452 e. The summed E-state index contributed by atoms with van der Waals surface area (Å²) in [5, 5.41) is 2.48. The highest BCUT2D eigenvalue weighted by atomic mass is 19.1. The summed E-state index contributed by atoms with van der Waals surface area (Å²) in [5.41, 5.74) is 2.28. The van der Waals surface area contributed by atoms with Crippen LogP contribution in [0.2, 0.25) is 0 Å². The molecular formula is C21H16FNO3. The molecule has 0 aliphatic carbocycles. The zero-order valence-corrected chi connectivity index (χ0v) is 13.8. The van der Waals surface area contributed by atoms with E-state index >= 15 is 0 Å². The summed E-state index contributed by atoms with van der Waals surface area (Å²) in [6.07, 6.45) is 0. The number of anilines is 1. The van der Waals surface area contributed by atoms with Gasteiger partial charge in [0.25, 0.3) is 5.91 Å². The van der Waals surface area contributed by atoms with Gasteiger partial charge in [0.15, 0.2) is 6.61 Å². The summed E-state index contributed by atoms with van der Waals surface area (Å²) in [5.74, 6) is -1.60. The Kier molecular flexibility index (Phi) is 5.39. The minimum atomic E-state index is -0.598. The lowest BCUT2D eigenvalue weighted by molar-refractivity contribution is -0.119. The standard InChI is InChI=1S/C21H16FNO3/c22-16-9-6-10-17(13-16)23-20(24)14-26-21(25)19-12-5-4-11-18(19)15-7-2-1-3-8-15/h1-13H,14H2,(H,23,24). The lowest BCUT2D eigenvalue weighted by atomic mass is 10.00. The highest BCUT2D eigenvalue weighted by Crippen LogP contribution is 2.24. The zero-order chi connectivity index (χ0) is 18.4. The Hall–Kier alpha value is -3.47. The first-order valence-electron chi connectivity index (χ1n) is 8.00. The van der Waals surface area contributed by atoms with Gasteiger partial charge in [0.05, 0.1) is 5.56 Å². The fraction of sp³-hybridized carbons (Fsp3) is 0.0476. The van der Waals surface area contributed by atoms with E-state index in [9.17, 15) is 14.0 Å². The maximum absolute atomic E-state index is 13.1. The first-order chi connectivity index (χ1) is 12.6. The van der Waals surface area contributed by atoms with E-state index in [1.807, 2.05) is 42.5 Å². The molecule has 0 radical (unpaired) electrons. The van der Waals surface area contributed by atoms with E-state index in [-0.39, 0.29) is 0 Å². The smallest absolute Gasteiger partial charge is 0.339 e. The number of carbonyl (C=O) groups is 2. The molecule has 4 nitrogen and oxygen atoms in total. The van der Waals surface area contributed by atoms with Gasteiger partial charge in [0.1, 0.15) is 5.82 Å². The lowest BCUT2D eigenvalue weighted by Gasteiger charge is -2.10. The van der Waals surface area contributed by atoms with Gasteiger partial charge in [-0.05, 0) is 35.4 Å². The highest BCUT2D eigenvalue weighted by Gasteiger charge is 2.15. The first kappa shape index (κ1) is 17.4. The van der Waals surface area contributed by atoms with Crippen molar-refractivity contribution in [1.82, 2.24) is 0 Å². The van der Waals surface area contributed by atoms with Crippen LogP contribution in [-0.2, 0) is 9.53 Å². The average Bonchev–Trinajstić information content (AvgIpc) is 2.67. The predicted molar refractivity (Wildman–Crippen MR) is 97.2 cm³/mol. The summed E-state index contributed by atoms with van der Waals surface area (Å²) < 4.78 is 18.2. The number of halogens is 1. The van der Waals surface area contributed by atoms with Crippen molar-refractivity contribution in [2.75, 3.05) is 11.9 Å². The molecule has 0 fully saturated rings. The molecule has 3 aromatic carbocycles. The van der Waals surface area contributed by atoms with Crippen LogP contribution in [0, 0.1) is 5.82 Å². The second kappa shape index (κ2) is 8.07.